The Morgan fingerprint density at radius 2 is 1.89 bits per heavy atom. The summed E-state index contributed by atoms with van der Waals surface area (Å²) >= 11 is 0. The summed E-state index contributed by atoms with van der Waals surface area (Å²) in [4.78, 5) is 10.5. The normalized spacial score (nSPS) is 12.9. The van der Waals surface area contributed by atoms with Gasteiger partial charge in [0, 0.05) is 13.1 Å². The number of aliphatic hydroxyl groups excluding tert-OH is 1. The Labute approximate surface area is 111 Å². The third kappa shape index (κ3) is 4.86. The predicted octanol–water partition coefficient (Wildman–Crippen LogP) is -0.313. The fourth-order valence-electron chi connectivity index (χ4n) is 1.38. The molecule has 1 unspecified atom stereocenters. The molecule has 0 saturated carbocycles. The quantitative estimate of drug-likeness (QED) is 0.536. The van der Waals surface area contributed by atoms with Crippen molar-refractivity contribution in [2.24, 2.45) is 5.73 Å². The molecule has 0 aromatic heterocycles. The van der Waals surface area contributed by atoms with Crippen molar-refractivity contribution in [3.63, 3.8) is 0 Å². The minimum atomic E-state index is -3.62. The molecule has 5 N–H and O–H groups in total. The number of carbonyl (C=O) groups is 1. The van der Waals surface area contributed by atoms with Crippen LogP contribution in [0.3, 0.4) is 0 Å². The van der Waals surface area contributed by atoms with E-state index in [1.54, 1.807) is 19.1 Å². The molecule has 7 nitrogen and oxygen atoms in total. The number of benzene rings is 1. The van der Waals surface area contributed by atoms with E-state index in [2.05, 4.69) is 10.0 Å². The third-order valence-corrected chi connectivity index (χ3v) is 3.87. The number of carbonyl (C=O) groups excluding carboxylic acids is 1. The second-order valence-electron chi connectivity index (χ2n) is 3.93. The zero-order chi connectivity index (χ0) is 14.5. The first-order chi connectivity index (χ1) is 8.83. The predicted molar refractivity (Wildman–Crippen MR) is 69.9 cm³/mol. The Morgan fingerprint density at radius 1 is 1.32 bits per heavy atom. The Morgan fingerprint density at radius 3 is 2.37 bits per heavy atom. The van der Waals surface area contributed by atoms with E-state index < -0.39 is 22.2 Å². The van der Waals surface area contributed by atoms with Gasteiger partial charge in [-0.25, -0.2) is 17.9 Å². The van der Waals surface area contributed by atoms with Crippen molar-refractivity contribution in [3.05, 3.63) is 29.8 Å². The lowest BCUT2D eigenvalue weighted by Crippen LogP contribution is -2.37. The van der Waals surface area contributed by atoms with Crippen molar-refractivity contribution >= 4 is 16.1 Å². The standard InChI is InChI=1S/C11H17N3O4S/c1-8(15)9-2-4-10(5-3-9)19(17,18)14-7-6-13-11(12)16/h2-5,8,14-15H,6-7H2,1H3,(H3,12,13,16). The first-order valence-corrected chi connectivity index (χ1v) is 7.12. The summed E-state index contributed by atoms with van der Waals surface area (Å²) in [6, 6.07) is 5.19. The van der Waals surface area contributed by atoms with Gasteiger partial charge in [-0.05, 0) is 24.6 Å². The molecular formula is C11H17N3O4S. The number of urea groups is 1. The van der Waals surface area contributed by atoms with Crippen LogP contribution in [-0.4, -0.2) is 32.6 Å². The third-order valence-electron chi connectivity index (χ3n) is 2.39. The molecule has 0 heterocycles. The van der Waals surface area contributed by atoms with Gasteiger partial charge in [0.25, 0.3) is 0 Å². The molecular weight excluding hydrogens is 270 g/mol. The van der Waals surface area contributed by atoms with Crippen LogP contribution in [0.5, 0.6) is 0 Å². The van der Waals surface area contributed by atoms with E-state index in [4.69, 9.17) is 5.73 Å². The van der Waals surface area contributed by atoms with E-state index >= 15 is 0 Å². The van der Waals surface area contributed by atoms with Crippen molar-refractivity contribution in [2.75, 3.05) is 13.1 Å². The van der Waals surface area contributed by atoms with E-state index in [0.29, 0.717) is 5.56 Å². The highest BCUT2D eigenvalue weighted by Crippen LogP contribution is 2.15. The van der Waals surface area contributed by atoms with Crippen LogP contribution in [0, 0.1) is 0 Å². The second-order valence-corrected chi connectivity index (χ2v) is 5.70. The number of hydrogen-bond donors (Lipinski definition) is 4. The van der Waals surface area contributed by atoms with E-state index in [0.717, 1.165) is 0 Å². The number of aliphatic hydroxyl groups is 1. The molecule has 0 bridgehead atoms. The zero-order valence-electron chi connectivity index (χ0n) is 10.5. The Bertz CT molecular complexity index is 525. The molecule has 0 aliphatic heterocycles. The van der Waals surface area contributed by atoms with Gasteiger partial charge in [0.05, 0.1) is 11.0 Å². The molecule has 19 heavy (non-hydrogen) atoms. The molecule has 0 spiro atoms. The van der Waals surface area contributed by atoms with Gasteiger partial charge in [-0.2, -0.15) is 0 Å². The molecule has 0 radical (unpaired) electrons. The monoisotopic (exact) mass is 287 g/mol. The van der Waals surface area contributed by atoms with Gasteiger partial charge in [0.1, 0.15) is 0 Å². The number of sulfonamides is 1. The number of primary amides is 1. The van der Waals surface area contributed by atoms with Gasteiger partial charge in [-0.15, -0.1) is 0 Å². The van der Waals surface area contributed by atoms with Gasteiger partial charge < -0.3 is 16.2 Å². The zero-order valence-corrected chi connectivity index (χ0v) is 11.3. The highest BCUT2D eigenvalue weighted by atomic mass is 32.2. The average molecular weight is 287 g/mol. The molecule has 2 amide bonds. The first kappa shape index (κ1) is 15.4. The summed E-state index contributed by atoms with van der Waals surface area (Å²) in [5.74, 6) is 0. The number of amides is 2. The van der Waals surface area contributed by atoms with E-state index in [-0.39, 0.29) is 18.0 Å². The van der Waals surface area contributed by atoms with Gasteiger partial charge >= 0.3 is 6.03 Å². The molecule has 1 aromatic carbocycles. The van der Waals surface area contributed by atoms with Crippen molar-refractivity contribution in [2.45, 2.75) is 17.9 Å². The topological polar surface area (TPSA) is 122 Å². The van der Waals surface area contributed by atoms with Crippen LogP contribution < -0.4 is 15.8 Å². The van der Waals surface area contributed by atoms with Crippen molar-refractivity contribution in [1.82, 2.24) is 10.0 Å². The molecule has 106 valence electrons. The van der Waals surface area contributed by atoms with Crippen LogP contribution in [0.15, 0.2) is 29.2 Å². The summed E-state index contributed by atoms with van der Waals surface area (Å²) < 4.78 is 26.0. The fraction of sp³-hybridized carbons (Fsp3) is 0.364. The van der Waals surface area contributed by atoms with Crippen molar-refractivity contribution in [3.8, 4) is 0 Å². The number of nitrogens with one attached hydrogen (secondary N) is 2. The Kier molecular flexibility index (Phi) is 5.28. The van der Waals surface area contributed by atoms with Gasteiger partial charge in [-0.3, -0.25) is 0 Å². The summed E-state index contributed by atoms with van der Waals surface area (Å²) in [5.41, 5.74) is 5.48. The number of nitrogens with two attached hydrogens (primary N) is 1. The molecule has 0 fully saturated rings. The van der Waals surface area contributed by atoms with Crippen LogP contribution in [-0.2, 0) is 10.0 Å². The van der Waals surface area contributed by atoms with E-state index in [1.165, 1.54) is 12.1 Å². The van der Waals surface area contributed by atoms with Crippen LogP contribution >= 0.6 is 0 Å². The molecule has 0 aliphatic carbocycles. The average Bonchev–Trinajstić information content (AvgIpc) is 2.34. The van der Waals surface area contributed by atoms with Crippen molar-refractivity contribution in [1.29, 1.82) is 0 Å². The largest absolute Gasteiger partial charge is 0.389 e. The molecule has 1 atom stereocenters. The van der Waals surface area contributed by atoms with Gasteiger partial charge in [-0.1, -0.05) is 12.1 Å². The minimum absolute atomic E-state index is 0.0451. The number of hydrogen-bond acceptors (Lipinski definition) is 4. The maximum atomic E-state index is 11.8. The minimum Gasteiger partial charge on any atom is -0.389 e. The maximum Gasteiger partial charge on any atom is 0.312 e. The van der Waals surface area contributed by atoms with Crippen LogP contribution in [0.1, 0.15) is 18.6 Å². The molecule has 1 aromatic rings. The van der Waals surface area contributed by atoms with E-state index in [9.17, 15) is 18.3 Å². The van der Waals surface area contributed by atoms with Crippen LogP contribution in [0.4, 0.5) is 4.79 Å². The summed E-state index contributed by atoms with van der Waals surface area (Å²) in [5, 5.41) is 11.6. The van der Waals surface area contributed by atoms with Crippen LogP contribution in [0.25, 0.3) is 0 Å². The van der Waals surface area contributed by atoms with Gasteiger partial charge in [0.15, 0.2) is 0 Å². The smallest absolute Gasteiger partial charge is 0.312 e. The molecule has 1 rings (SSSR count). The Balaban J connectivity index is 2.64. The summed E-state index contributed by atoms with van der Waals surface area (Å²) in [6.07, 6.45) is -0.649. The summed E-state index contributed by atoms with van der Waals surface area (Å²) in [6.45, 7) is 1.75. The molecule has 8 heteroatoms. The van der Waals surface area contributed by atoms with Crippen LogP contribution in [0.2, 0.25) is 0 Å². The van der Waals surface area contributed by atoms with E-state index in [1.807, 2.05) is 0 Å². The molecule has 0 aliphatic rings. The lowest BCUT2D eigenvalue weighted by Gasteiger charge is -2.09. The number of rotatable bonds is 6. The van der Waals surface area contributed by atoms with Gasteiger partial charge in [0.2, 0.25) is 10.0 Å². The Hall–Kier alpha value is -1.64. The lowest BCUT2D eigenvalue weighted by atomic mass is 10.1. The highest BCUT2D eigenvalue weighted by Gasteiger charge is 2.13. The lowest BCUT2D eigenvalue weighted by molar-refractivity contribution is 0.199. The van der Waals surface area contributed by atoms with Crippen molar-refractivity contribution < 1.29 is 18.3 Å². The highest BCUT2D eigenvalue weighted by molar-refractivity contribution is 7.89. The first-order valence-electron chi connectivity index (χ1n) is 5.64. The summed E-state index contributed by atoms with van der Waals surface area (Å²) in [7, 11) is -3.62. The maximum absolute atomic E-state index is 11.8. The SMILES string of the molecule is CC(O)c1ccc(S(=O)(=O)NCCNC(N)=O)cc1. The second kappa shape index (κ2) is 6.50. The molecule has 0 saturated heterocycles. The fourth-order valence-corrected chi connectivity index (χ4v) is 2.41.